The number of amides is 3. The number of hydrogen-bond acceptors (Lipinski definition) is 8. The largest absolute Gasteiger partial charge is 0.393 e. The van der Waals surface area contributed by atoms with E-state index in [2.05, 4.69) is 15.3 Å². The summed E-state index contributed by atoms with van der Waals surface area (Å²) in [6, 6.07) is 9.23. The molecule has 1 unspecified atom stereocenters. The SMILES string of the molecule is CCN(CC)C(=O)CNC(=O)C(F)(F)C(=O)C(Cc1ccccc1)NC(=O)Cn1c(-c2ccncc2)ncc(N)c1=O. The van der Waals surface area contributed by atoms with Crippen LogP contribution in [-0.4, -0.2) is 74.5 Å². The first-order chi connectivity index (χ1) is 20.0. The average Bonchev–Trinajstić information content (AvgIpc) is 2.99. The number of nitrogens with one attached hydrogen (secondary N) is 2. The van der Waals surface area contributed by atoms with Crippen molar-refractivity contribution in [2.45, 2.75) is 38.8 Å². The number of ketones is 1. The van der Waals surface area contributed by atoms with E-state index in [0.717, 1.165) is 10.8 Å². The van der Waals surface area contributed by atoms with Crippen molar-refractivity contribution in [3.05, 3.63) is 77.0 Å². The second kappa shape index (κ2) is 14.1. The molecule has 0 radical (unpaired) electrons. The Morgan fingerprint density at radius 3 is 2.31 bits per heavy atom. The van der Waals surface area contributed by atoms with E-state index in [9.17, 15) is 24.0 Å². The van der Waals surface area contributed by atoms with Crippen LogP contribution in [0.4, 0.5) is 14.5 Å². The van der Waals surface area contributed by atoms with E-state index >= 15 is 8.78 Å². The highest BCUT2D eigenvalue weighted by Gasteiger charge is 2.50. The van der Waals surface area contributed by atoms with Gasteiger partial charge in [-0.25, -0.2) is 4.98 Å². The summed E-state index contributed by atoms with van der Waals surface area (Å²) >= 11 is 0. The minimum Gasteiger partial charge on any atom is -0.393 e. The quantitative estimate of drug-likeness (QED) is 0.248. The summed E-state index contributed by atoms with van der Waals surface area (Å²) in [6.45, 7) is 2.53. The van der Waals surface area contributed by atoms with Crippen molar-refractivity contribution in [3.63, 3.8) is 0 Å². The van der Waals surface area contributed by atoms with Crippen molar-refractivity contribution in [1.29, 1.82) is 0 Å². The van der Waals surface area contributed by atoms with E-state index in [1.165, 1.54) is 29.4 Å². The van der Waals surface area contributed by atoms with Gasteiger partial charge in [0.05, 0.1) is 18.8 Å². The summed E-state index contributed by atoms with van der Waals surface area (Å²) < 4.78 is 31.2. The Balaban J connectivity index is 1.86. The molecule has 3 aromatic rings. The van der Waals surface area contributed by atoms with Gasteiger partial charge in [-0.05, 0) is 31.5 Å². The molecule has 14 heteroatoms. The Kier molecular flexibility index (Phi) is 10.5. The number of pyridine rings is 1. The molecule has 0 saturated carbocycles. The van der Waals surface area contributed by atoms with E-state index in [1.807, 2.05) is 5.32 Å². The van der Waals surface area contributed by atoms with Crippen LogP contribution in [-0.2, 0) is 32.1 Å². The smallest absolute Gasteiger partial charge is 0.383 e. The lowest BCUT2D eigenvalue weighted by Crippen LogP contribution is -2.56. The third-order valence-corrected chi connectivity index (χ3v) is 6.36. The first-order valence-corrected chi connectivity index (χ1v) is 13.1. The average molecular weight is 584 g/mol. The molecule has 2 aromatic heterocycles. The predicted molar refractivity (Wildman–Crippen MR) is 149 cm³/mol. The number of nitrogens with two attached hydrogens (primary N) is 1. The van der Waals surface area contributed by atoms with Crippen molar-refractivity contribution >= 4 is 29.2 Å². The number of halogens is 2. The van der Waals surface area contributed by atoms with Gasteiger partial charge in [0, 0.05) is 37.5 Å². The number of nitrogens with zero attached hydrogens (tertiary/aromatic N) is 4. The second-order valence-corrected chi connectivity index (χ2v) is 9.16. The number of likely N-dealkylation sites (N-methyl/N-ethyl adjacent to an activating group) is 1. The summed E-state index contributed by atoms with van der Waals surface area (Å²) in [5, 5.41) is 4.05. The van der Waals surface area contributed by atoms with Crippen molar-refractivity contribution < 1.29 is 28.0 Å². The Labute approximate surface area is 239 Å². The Morgan fingerprint density at radius 1 is 1.05 bits per heavy atom. The number of anilines is 1. The highest BCUT2D eigenvalue weighted by molar-refractivity contribution is 6.11. The molecule has 0 aliphatic carbocycles. The molecule has 1 aromatic carbocycles. The monoisotopic (exact) mass is 583 g/mol. The maximum atomic E-state index is 15.1. The van der Waals surface area contributed by atoms with Crippen molar-refractivity contribution in [3.8, 4) is 11.4 Å². The van der Waals surface area contributed by atoms with Gasteiger partial charge in [-0.3, -0.25) is 33.5 Å². The standard InChI is InChI=1S/C28H31F2N7O5/c1-3-36(4-2)23(39)16-34-27(42)28(29,30)24(40)21(14-18-8-6-5-7-9-18)35-22(38)17-37-25(19-10-12-32-13-11-19)33-15-20(31)26(37)41/h5-13,15,21H,3-4,14,16-17,31H2,1-2H3,(H,34,42)(H,35,38). The summed E-state index contributed by atoms with van der Waals surface area (Å²) in [7, 11) is 0. The predicted octanol–water partition coefficient (Wildman–Crippen LogP) is 0.804. The summed E-state index contributed by atoms with van der Waals surface area (Å²) in [5.41, 5.74) is 5.53. The van der Waals surface area contributed by atoms with Crippen molar-refractivity contribution in [1.82, 2.24) is 30.1 Å². The van der Waals surface area contributed by atoms with E-state index in [4.69, 9.17) is 5.73 Å². The fraction of sp³-hybridized carbons (Fsp3) is 0.321. The second-order valence-electron chi connectivity index (χ2n) is 9.16. The van der Waals surface area contributed by atoms with Gasteiger partial charge in [0.1, 0.15) is 18.1 Å². The van der Waals surface area contributed by atoms with Gasteiger partial charge in [0.25, 0.3) is 11.5 Å². The molecule has 0 aliphatic rings. The Morgan fingerprint density at radius 2 is 1.69 bits per heavy atom. The third-order valence-electron chi connectivity index (χ3n) is 6.36. The zero-order valence-electron chi connectivity index (χ0n) is 23.0. The lowest BCUT2D eigenvalue weighted by Gasteiger charge is -2.24. The van der Waals surface area contributed by atoms with Gasteiger partial charge in [-0.1, -0.05) is 30.3 Å². The summed E-state index contributed by atoms with van der Waals surface area (Å²) in [4.78, 5) is 72.9. The van der Waals surface area contributed by atoms with Crippen LogP contribution in [0.2, 0.25) is 0 Å². The number of nitrogen functional groups attached to an aromatic ring is 1. The fourth-order valence-corrected chi connectivity index (χ4v) is 4.11. The summed E-state index contributed by atoms with van der Waals surface area (Å²) in [5.74, 6) is -9.98. The number of rotatable bonds is 13. The molecule has 1 atom stereocenters. The molecule has 3 amide bonds. The fourth-order valence-electron chi connectivity index (χ4n) is 4.11. The summed E-state index contributed by atoms with van der Waals surface area (Å²) in [6.07, 6.45) is 3.63. The van der Waals surface area contributed by atoms with E-state index in [-0.39, 0.29) is 17.9 Å². The molecule has 0 saturated heterocycles. The number of benzene rings is 1. The van der Waals surface area contributed by atoms with Crippen LogP contribution in [0, 0.1) is 0 Å². The lowest BCUT2D eigenvalue weighted by atomic mass is 9.98. The Hall–Kier alpha value is -5.01. The molecule has 42 heavy (non-hydrogen) atoms. The number of Topliss-reactive ketones (excluding diaryl/α,β-unsaturated/α-hetero) is 1. The van der Waals surface area contributed by atoms with Gasteiger partial charge in [0.2, 0.25) is 17.6 Å². The molecular formula is C28H31F2N7O5. The van der Waals surface area contributed by atoms with Crippen LogP contribution < -0.4 is 21.9 Å². The first-order valence-electron chi connectivity index (χ1n) is 13.1. The molecule has 0 fully saturated rings. The van der Waals surface area contributed by atoms with Crippen LogP contribution in [0.15, 0.2) is 65.8 Å². The van der Waals surface area contributed by atoms with Gasteiger partial charge in [0.15, 0.2) is 0 Å². The van der Waals surface area contributed by atoms with Gasteiger partial charge >= 0.3 is 5.92 Å². The first kappa shape index (κ1) is 31.5. The normalized spacial score (nSPS) is 11.8. The third kappa shape index (κ3) is 7.59. The Bertz CT molecular complexity index is 1480. The molecule has 4 N–H and O–H groups in total. The van der Waals surface area contributed by atoms with Gasteiger partial charge < -0.3 is 21.3 Å². The minimum absolute atomic E-state index is 0.0558. The van der Waals surface area contributed by atoms with E-state index < -0.39 is 54.1 Å². The maximum absolute atomic E-state index is 15.1. The molecule has 3 rings (SSSR count). The number of carbonyl (C=O) groups is 4. The van der Waals surface area contributed by atoms with Crippen LogP contribution in [0.5, 0.6) is 0 Å². The molecule has 0 aliphatic heterocycles. The van der Waals surface area contributed by atoms with Crippen molar-refractivity contribution in [2.75, 3.05) is 25.4 Å². The van der Waals surface area contributed by atoms with Gasteiger partial charge in [-0.15, -0.1) is 0 Å². The van der Waals surface area contributed by atoms with Crippen molar-refractivity contribution in [2.24, 2.45) is 0 Å². The zero-order chi connectivity index (χ0) is 30.9. The number of carbonyl (C=O) groups excluding carboxylic acids is 4. The topological polar surface area (TPSA) is 169 Å². The van der Waals surface area contributed by atoms with Gasteiger partial charge in [-0.2, -0.15) is 8.78 Å². The van der Waals surface area contributed by atoms with E-state index in [0.29, 0.717) is 24.2 Å². The number of hydrogen-bond donors (Lipinski definition) is 3. The van der Waals surface area contributed by atoms with Crippen LogP contribution in [0.25, 0.3) is 11.4 Å². The lowest BCUT2D eigenvalue weighted by molar-refractivity contribution is -0.161. The zero-order valence-corrected chi connectivity index (χ0v) is 23.0. The maximum Gasteiger partial charge on any atom is 0.383 e. The van der Waals surface area contributed by atoms with E-state index in [1.54, 1.807) is 44.2 Å². The highest BCUT2D eigenvalue weighted by atomic mass is 19.3. The molecule has 0 spiro atoms. The molecule has 2 heterocycles. The molecule has 12 nitrogen and oxygen atoms in total. The minimum atomic E-state index is -4.59. The van der Waals surface area contributed by atoms with Crippen LogP contribution >= 0.6 is 0 Å². The molecular weight excluding hydrogens is 552 g/mol. The molecule has 222 valence electrons. The highest BCUT2D eigenvalue weighted by Crippen LogP contribution is 2.20. The number of aromatic nitrogens is 3. The molecule has 0 bridgehead atoms. The van der Waals surface area contributed by atoms with Crippen LogP contribution in [0.3, 0.4) is 0 Å². The van der Waals surface area contributed by atoms with Crippen LogP contribution in [0.1, 0.15) is 19.4 Å². The number of alkyl halides is 2.